The Balaban J connectivity index is 1.96. The van der Waals surface area contributed by atoms with Crippen LogP contribution in [0.15, 0.2) is 11.8 Å². The summed E-state index contributed by atoms with van der Waals surface area (Å²) in [6, 6.07) is 0. The van der Waals surface area contributed by atoms with E-state index in [2.05, 4.69) is 13.8 Å². The van der Waals surface area contributed by atoms with Crippen molar-refractivity contribution in [3.63, 3.8) is 0 Å². The van der Waals surface area contributed by atoms with Crippen LogP contribution in [0.2, 0.25) is 0 Å². The van der Waals surface area contributed by atoms with Crippen molar-refractivity contribution in [2.45, 2.75) is 36.0 Å². The summed E-state index contributed by atoms with van der Waals surface area (Å²) in [6.45, 7) is 5.11. The number of ketones is 1. The van der Waals surface area contributed by atoms with E-state index >= 15 is 0 Å². The molecule has 2 aliphatic rings. The lowest BCUT2D eigenvalue weighted by atomic mass is 10.2. The van der Waals surface area contributed by atoms with Gasteiger partial charge in [-0.1, -0.05) is 13.8 Å². The van der Waals surface area contributed by atoms with Crippen LogP contribution in [-0.2, 0) is 9.53 Å². The van der Waals surface area contributed by atoms with Gasteiger partial charge in [0.25, 0.3) is 0 Å². The average Bonchev–Trinajstić information content (AvgIpc) is 2.74. The van der Waals surface area contributed by atoms with Gasteiger partial charge in [-0.2, -0.15) is 11.8 Å². The molecule has 2 rings (SSSR count). The fourth-order valence-electron chi connectivity index (χ4n) is 1.67. The lowest BCUT2D eigenvalue weighted by Gasteiger charge is -2.30. The van der Waals surface area contributed by atoms with Crippen LogP contribution in [-0.4, -0.2) is 33.9 Å². The molecule has 1 fully saturated rings. The highest BCUT2D eigenvalue weighted by Crippen LogP contribution is 2.37. The van der Waals surface area contributed by atoms with E-state index in [1.54, 1.807) is 11.8 Å². The number of Topliss-reactive ketones (excluding diaryl/α,β-unsaturated/α-hetero) is 1. The van der Waals surface area contributed by atoms with E-state index in [9.17, 15) is 4.79 Å². The molecule has 0 aromatic heterocycles. The van der Waals surface area contributed by atoms with Crippen molar-refractivity contribution in [1.29, 1.82) is 0 Å². The van der Waals surface area contributed by atoms with Crippen LogP contribution < -0.4 is 0 Å². The number of ether oxygens (including phenoxy) is 1. The molecule has 1 saturated heterocycles. The minimum absolute atomic E-state index is 0.102. The summed E-state index contributed by atoms with van der Waals surface area (Å²) in [5.41, 5.74) is 0. The summed E-state index contributed by atoms with van der Waals surface area (Å²) in [5, 5.41) is 1.31. The second kappa shape index (κ2) is 4.83. The molecule has 0 saturated carbocycles. The van der Waals surface area contributed by atoms with Gasteiger partial charge in [-0.3, -0.25) is 4.79 Å². The molecule has 3 atom stereocenters. The van der Waals surface area contributed by atoms with Gasteiger partial charge in [0.05, 0.1) is 11.9 Å². The SMILES string of the molecule is CC1SCC(C(=O)C2=CCCO2)SC1C. The van der Waals surface area contributed by atoms with Crippen molar-refractivity contribution in [1.82, 2.24) is 0 Å². The predicted molar refractivity (Wildman–Crippen MR) is 66.4 cm³/mol. The molecular weight excluding hydrogens is 228 g/mol. The first-order valence-electron chi connectivity index (χ1n) is 5.32. The number of hydrogen-bond acceptors (Lipinski definition) is 4. The van der Waals surface area contributed by atoms with E-state index in [1.165, 1.54) is 0 Å². The minimum atomic E-state index is 0.102. The third-order valence-electron chi connectivity index (χ3n) is 2.79. The van der Waals surface area contributed by atoms with Crippen LogP contribution in [0.1, 0.15) is 20.3 Å². The number of hydrogen-bond donors (Lipinski definition) is 0. The van der Waals surface area contributed by atoms with Gasteiger partial charge in [-0.05, 0) is 6.08 Å². The molecule has 0 N–H and O–H groups in total. The maximum atomic E-state index is 12.0. The van der Waals surface area contributed by atoms with Crippen molar-refractivity contribution in [3.05, 3.63) is 11.8 Å². The summed E-state index contributed by atoms with van der Waals surface area (Å²) in [7, 11) is 0. The zero-order valence-electron chi connectivity index (χ0n) is 9.06. The van der Waals surface area contributed by atoms with Crippen molar-refractivity contribution < 1.29 is 9.53 Å². The molecule has 4 heteroatoms. The third kappa shape index (κ3) is 2.53. The Bertz CT molecular complexity index is 288. The average molecular weight is 244 g/mol. The van der Waals surface area contributed by atoms with Crippen molar-refractivity contribution in [2.24, 2.45) is 0 Å². The van der Waals surface area contributed by atoms with Crippen molar-refractivity contribution >= 4 is 29.3 Å². The van der Waals surface area contributed by atoms with Gasteiger partial charge < -0.3 is 4.74 Å². The fraction of sp³-hybridized carbons (Fsp3) is 0.727. The highest BCUT2D eigenvalue weighted by atomic mass is 32.2. The van der Waals surface area contributed by atoms with E-state index in [4.69, 9.17) is 4.74 Å². The number of carbonyl (C=O) groups excluding carboxylic acids is 1. The molecule has 0 spiro atoms. The second-order valence-electron chi connectivity index (χ2n) is 3.94. The Labute approximate surface area is 99.2 Å². The third-order valence-corrected chi connectivity index (χ3v) is 6.18. The van der Waals surface area contributed by atoms with Crippen LogP contribution in [0.3, 0.4) is 0 Å². The molecule has 2 aliphatic heterocycles. The van der Waals surface area contributed by atoms with Crippen LogP contribution >= 0.6 is 23.5 Å². The van der Waals surface area contributed by atoms with Crippen LogP contribution in [0.4, 0.5) is 0 Å². The lowest BCUT2D eigenvalue weighted by Crippen LogP contribution is -2.32. The Morgan fingerprint density at radius 3 is 2.87 bits per heavy atom. The fourth-order valence-corrected chi connectivity index (χ4v) is 4.53. The molecule has 2 nitrogen and oxygen atoms in total. The van der Waals surface area contributed by atoms with E-state index in [1.807, 2.05) is 17.8 Å². The molecule has 0 radical (unpaired) electrons. The lowest BCUT2D eigenvalue weighted by molar-refractivity contribution is -0.117. The van der Waals surface area contributed by atoms with Gasteiger partial charge in [-0.25, -0.2) is 0 Å². The summed E-state index contributed by atoms with van der Waals surface area (Å²) in [5.74, 6) is 1.73. The molecule has 3 unspecified atom stereocenters. The molecule has 0 aromatic carbocycles. The molecule has 0 aliphatic carbocycles. The van der Waals surface area contributed by atoms with Crippen molar-refractivity contribution in [2.75, 3.05) is 12.4 Å². The molecule has 15 heavy (non-hydrogen) atoms. The zero-order chi connectivity index (χ0) is 10.8. The number of rotatable bonds is 2. The Morgan fingerprint density at radius 1 is 1.47 bits per heavy atom. The zero-order valence-corrected chi connectivity index (χ0v) is 10.7. The topological polar surface area (TPSA) is 26.3 Å². The van der Waals surface area contributed by atoms with Gasteiger partial charge in [-0.15, -0.1) is 11.8 Å². The van der Waals surface area contributed by atoms with Gasteiger partial charge >= 0.3 is 0 Å². The first-order chi connectivity index (χ1) is 7.18. The smallest absolute Gasteiger partial charge is 0.210 e. The van der Waals surface area contributed by atoms with Crippen LogP contribution in [0.25, 0.3) is 0 Å². The van der Waals surface area contributed by atoms with Gasteiger partial charge in [0.2, 0.25) is 5.78 Å². The first-order valence-corrected chi connectivity index (χ1v) is 7.32. The molecule has 0 amide bonds. The maximum Gasteiger partial charge on any atom is 0.210 e. The van der Waals surface area contributed by atoms with Crippen molar-refractivity contribution in [3.8, 4) is 0 Å². The van der Waals surface area contributed by atoms with Gasteiger partial charge in [0.1, 0.15) is 0 Å². The summed E-state index contributed by atoms with van der Waals surface area (Å²) in [4.78, 5) is 12.0. The summed E-state index contributed by atoms with van der Waals surface area (Å²) < 4.78 is 5.32. The Kier molecular flexibility index (Phi) is 3.67. The molecule has 84 valence electrons. The predicted octanol–water partition coefficient (Wildman–Crippen LogP) is 2.49. The van der Waals surface area contributed by atoms with E-state index in [-0.39, 0.29) is 11.0 Å². The highest BCUT2D eigenvalue weighted by Gasteiger charge is 2.33. The number of thioether (sulfide) groups is 2. The standard InChI is InChI=1S/C11H16O2S2/c1-7-8(2)15-10(6-14-7)11(12)9-4-3-5-13-9/h4,7-8,10H,3,5-6H2,1-2H3. The molecular formula is C11H16O2S2. The highest BCUT2D eigenvalue weighted by molar-refractivity contribution is 8.08. The Hall–Kier alpha value is -0.0900. The molecule has 0 aromatic rings. The Morgan fingerprint density at radius 2 is 2.27 bits per heavy atom. The molecule has 2 heterocycles. The number of carbonyl (C=O) groups is 1. The monoisotopic (exact) mass is 244 g/mol. The van der Waals surface area contributed by atoms with E-state index in [0.717, 1.165) is 12.2 Å². The van der Waals surface area contributed by atoms with E-state index < -0.39 is 0 Å². The van der Waals surface area contributed by atoms with Gasteiger partial charge in [0.15, 0.2) is 5.76 Å². The first kappa shape index (κ1) is 11.4. The summed E-state index contributed by atoms with van der Waals surface area (Å²) in [6.07, 6.45) is 2.81. The van der Waals surface area contributed by atoms with Gasteiger partial charge in [0, 0.05) is 22.7 Å². The quantitative estimate of drug-likeness (QED) is 0.745. The number of allylic oxidation sites excluding steroid dienone is 1. The molecule has 0 bridgehead atoms. The second-order valence-corrected chi connectivity index (χ2v) is 6.93. The van der Waals surface area contributed by atoms with Crippen LogP contribution in [0, 0.1) is 0 Å². The maximum absolute atomic E-state index is 12.0. The van der Waals surface area contributed by atoms with E-state index in [0.29, 0.717) is 22.9 Å². The van der Waals surface area contributed by atoms with Crippen LogP contribution in [0.5, 0.6) is 0 Å². The minimum Gasteiger partial charge on any atom is -0.490 e. The summed E-state index contributed by atoms with van der Waals surface area (Å²) >= 11 is 3.70. The largest absolute Gasteiger partial charge is 0.490 e. The normalized spacial score (nSPS) is 35.9.